The van der Waals surface area contributed by atoms with Crippen molar-refractivity contribution in [1.82, 2.24) is 20.0 Å². The van der Waals surface area contributed by atoms with Crippen LogP contribution in [0.2, 0.25) is 0 Å². The molecule has 1 aromatic carbocycles. The maximum absolute atomic E-state index is 4.77. The van der Waals surface area contributed by atoms with Gasteiger partial charge in [-0.25, -0.2) is 0 Å². The van der Waals surface area contributed by atoms with Crippen LogP contribution in [-0.2, 0) is 13.1 Å². The molecular formula is C15H16N4O. The summed E-state index contributed by atoms with van der Waals surface area (Å²) in [5, 5.41) is 8.65. The molecule has 1 fully saturated rings. The van der Waals surface area contributed by atoms with Gasteiger partial charge in [0.15, 0.2) is 5.82 Å². The lowest BCUT2D eigenvalue weighted by Gasteiger charge is -2.05. The van der Waals surface area contributed by atoms with E-state index in [9.17, 15) is 0 Å². The van der Waals surface area contributed by atoms with Gasteiger partial charge in [0.05, 0.1) is 6.54 Å². The highest BCUT2D eigenvalue weighted by atomic mass is 16.5. The van der Waals surface area contributed by atoms with Crippen molar-refractivity contribution in [3.05, 3.63) is 48.2 Å². The van der Waals surface area contributed by atoms with E-state index in [1.54, 1.807) is 0 Å². The lowest BCUT2D eigenvalue weighted by atomic mass is 10.1. The molecule has 20 heavy (non-hydrogen) atoms. The number of nitrogens with zero attached hydrogens (tertiary/aromatic N) is 3. The zero-order valence-electron chi connectivity index (χ0n) is 11.1. The molecule has 4 rings (SSSR count). The zero-order valence-corrected chi connectivity index (χ0v) is 11.1. The van der Waals surface area contributed by atoms with Crippen LogP contribution in [0.5, 0.6) is 0 Å². The summed E-state index contributed by atoms with van der Waals surface area (Å²) in [6.45, 7) is 1.59. The Bertz CT molecular complexity index is 713. The smallest absolute Gasteiger partial charge is 0.213 e. The minimum Gasteiger partial charge on any atom is -0.343 e. The van der Waals surface area contributed by atoms with E-state index < -0.39 is 0 Å². The highest BCUT2D eigenvalue weighted by Crippen LogP contribution is 2.21. The summed E-state index contributed by atoms with van der Waals surface area (Å²) < 4.78 is 6.91. The molecule has 0 atom stereocenters. The van der Waals surface area contributed by atoms with E-state index in [0.717, 1.165) is 12.6 Å². The van der Waals surface area contributed by atoms with Gasteiger partial charge in [-0.1, -0.05) is 11.2 Å². The van der Waals surface area contributed by atoms with Crippen molar-refractivity contribution in [2.24, 2.45) is 0 Å². The molecule has 1 N–H and O–H groups in total. The maximum atomic E-state index is 4.77. The van der Waals surface area contributed by atoms with Crippen LogP contribution in [0.3, 0.4) is 0 Å². The normalized spacial score (nSPS) is 15.0. The van der Waals surface area contributed by atoms with Gasteiger partial charge in [0.25, 0.3) is 0 Å². The molecule has 5 nitrogen and oxygen atoms in total. The molecule has 5 heteroatoms. The van der Waals surface area contributed by atoms with Crippen molar-refractivity contribution in [2.75, 3.05) is 0 Å². The summed E-state index contributed by atoms with van der Waals surface area (Å²) >= 11 is 0. The van der Waals surface area contributed by atoms with E-state index in [2.05, 4.69) is 50.5 Å². The number of benzene rings is 1. The molecular weight excluding hydrogens is 252 g/mol. The first-order chi connectivity index (χ1) is 9.88. The molecule has 3 aromatic rings. The summed E-state index contributed by atoms with van der Waals surface area (Å²) in [4.78, 5) is 4.06. The highest BCUT2D eigenvalue weighted by molar-refractivity contribution is 5.80. The first kappa shape index (κ1) is 11.7. The third kappa shape index (κ3) is 2.32. The van der Waals surface area contributed by atoms with Crippen LogP contribution in [0.15, 0.2) is 41.4 Å². The Hall–Kier alpha value is -2.14. The first-order valence-corrected chi connectivity index (χ1v) is 6.95. The largest absolute Gasteiger partial charge is 0.343 e. The van der Waals surface area contributed by atoms with E-state index in [-0.39, 0.29) is 0 Å². The topological polar surface area (TPSA) is 55.9 Å². The monoisotopic (exact) mass is 268 g/mol. The summed E-state index contributed by atoms with van der Waals surface area (Å²) in [5.41, 5.74) is 2.53. The predicted octanol–water partition coefficient (Wildman–Crippen LogP) is 2.32. The number of aromatic nitrogens is 3. The van der Waals surface area contributed by atoms with Gasteiger partial charge >= 0.3 is 0 Å². The quantitative estimate of drug-likeness (QED) is 0.771. The van der Waals surface area contributed by atoms with Gasteiger partial charge in [-0.15, -0.1) is 0 Å². The Morgan fingerprint density at radius 1 is 1.30 bits per heavy atom. The number of fused-ring (bicyclic) bond motifs is 1. The molecule has 0 saturated heterocycles. The van der Waals surface area contributed by atoms with Gasteiger partial charge in [-0.3, -0.25) is 0 Å². The fourth-order valence-electron chi connectivity index (χ4n) is 2.46. The summed E-state index contributed by atoms with van der Waals surface area (Å²) in [6, 6.07) is 9.48. The van der Waals surface area contributed by atoms with Crippen LogP contribution >= 0.6 is 0 Å². The molecule has 102 valence electrons. The fraction of sp³-hybridized carbons (Fsp3) is 0.333. The molecule has 1 saturated carbocycles. The maximum Gasteiger partial charge on any atom is 0.213 e. The van der Waals surface area contributed by atoms with Crippen molar-refractivity contribution >= 4 is 10.9 Å². The number of hydrogen-bond acceptors (Lipinski definition) is 4. The van der Waals surface area contributed by atoms with Crippen LogP contribution in [0, 0.1) is 0 Å². The van der Waals surface area contributed by atoms with Crippen LogP contribution in [0.25, 0.3) is 10.9 Å². The Labute approximate surface area is 116 Å². The molecule has 2 heterocycles. The second-order valence-electron chi connectivity index (χ2n) is 5.34. The minimum atomic E-state index is 0.639. The second kappa shape index (κ2) is 4.76. The lowest BCUT2D eigenvalue weighted by molar-refractivity contribution is 0.408. The van der Waals surface area contributed by atoms with E-state index in [0.29, 0.717) is 12.4 Å². The minimum absolute atomic E-state index is 0.639. The molecule has 1 aliphatic rings. The van der Waals surface area contributed by atoms with Gasteiger partial charge in [-0.2, -0.15) is 4.98 Å². The van der Waals surface area contributed by atoms with Gasteiger partial charge in [-0.05, 0) is 42.0 Å². The van der Waals surface area contributed by atoms with Crippen LogP contribution in [0.1, 0.15) is 24.2 Å². The Balaban J connectivity index is 1.57. The fourth-order valence-corrected chi connectivity index (χ4v) is 2.46. The molecule has 1 aliphatic carbocycles. The van der Waals surface area contributed by atoms with E-state index >= 15 is 0 Å². The Morgan fingerprint density at radius 3 is 3.05 bits per heavy atom. The molecule has 0 aliphatic heterocycles. The average molecular weight is 268 g/mol. The van der Waals surface area contributed by atoms with Gasteiger partial charge in [0.1, 0.15) is 0 Å². The zero-order chi connectivity index (χ0) is 13.4. The summed E-state index contributed by atoms with van der Waals surface area (Å²) in [6.07, 6.45) is 6.08. The van der Waals surface area contributed by atoms with Crippen molar-refractivity contribution in [2.45, 2.75) is 32.0 Å². The van der Waals surface area contributed by atoms with Crippen molar-refractivity contribution in [1.29, 1.82) is 0 Å². The van der Waals surface area contributed by atoms with Gasteiger partial charge in [0, 0.05) is 24.3 Å². The van der Waals surface area contributed by atoms with Gasteiger partial charge in [0.2, 0.25) is 6.39 Å². The molecule has 2 aromatic heterocycles. The number of hydrogen-bond donors (Lipinski definition) is 1. The molecule has 0 radical (unpaired) electrons. The molecule has 0 spiro atoms. The van der Waals surface area contributed by atoms with Crippen molar-refractivity contribution < 1.29 is 4.52 Å². The average Bonchev–Trinajstić information content (AvgIpc) is 3.00. The molecule has 0 unspecified atom stereocenters. The highest BCUT2D eigenvalue weighted by Gasteiger charge is 2.19. The Kier molecular flexibility index (Phi) is 2.77. The van der Waals surface area contributed by atoms with Crippen LogP contribution in [0.4, 0.5) is 0 Å². The Morgan fingerprint density at radius 2 is 2.25 bits per heavy atom. The number of nitrogens with one attached hydrogen (secondary N) is 1. The summed E-state index contributed by atoms with van der Waals surface area (Å²) in [5.74, 6) is 0.696. The molecule has 0 bridgehead atoms. The third-order valence-corrected chi connectivity index (χ3v) is 3.73. The van der Waals surface area contributed by atoms with Crippen molar-refractivity contribution in [3.63, 3.8) is 0 Å². The van der Waals surface area contributed by atoms with Crippen LogP contribution < -0.4 is 5.32 Å². The SMILES string of the molecule is c1nc(Cn2ccc3cc(CNC4CC4)ccc32)no1. The van der Waals surface area contributed by atoms with E-state index in [4.69, 9.17) is 4.52 Å². The third-order valence-electron chi connectivity index (χ3n) is 3.73. The standard InChI is InChI=1S/C15H16N4O/c1-4-14-12(7-11(1)8-16-13-2-3-13)5-6-19(14)9-15-17-10-20-18-15/h1,4-7,10,13,16H,2-3,8-9H2. The second-order valence-corrected chi connectivity index (χ2v) is 5.34. The van der Waals surface area contributed by atoms with E-state index in [1.165, 1.54) is 35.7 Å². The van der Waals surface area contributed by atoms with Crippen molar-refractivity contribution in [3.8, 4) is 0 Å². The predicted molar refractivity (Wildman–Crippen MR) is 75.2 cm³/mol. The molecule has 0 amide bonds. The lowest BCUT2D eigenvalue weighted by Crippen LogP contribution is -2.15. The van der Waals surface area contributed by atoms with Gasteiger partial charge < -0.3 is 14.4 Å². The van der Waals surface area contributed by atoms with E-state index in [1.807, 2.05) is 0 Å². The first-order valence-electron chi connectivity index (χ1n) is 6.95. The van der Waals surface area contributed by atoms with Crippen LogP contribution in [-0.4, -0.2) is 20.7 Å². The number of rotatable bonds is 5. The summed E-state index contributed by atoms with van der Waals surface area (Å²) in [7, 11) is 0.